The summed E-state index contributed by atoms with van der Waals surface area (Å²) < 4.78 is 12.0. The first-order valence-electron chi connectivity index (χ1n) is 11.1. The lowest BCUT2D eigenvalue weighted by Gasteiger charge is -2.15. The Bertz CT molecular complexity index is 878. The Hall–Kier alpha value is -2.98. The van der Waals surface area contributed by atoms with E-state index in [1.165, 1.54) is 25.7 Å². The van der Waals surface area contributed by atoms with Crippen LogP contribution in [0.2, 0.25) is 0 Å². The molecule has 30 heavy (non-hydrogen) atoms. The molecule has 4 nitrogen and oxygen atoms in total. The summed E-state index contributed by atoms with van der Waals surface area (Å²) in [6.07, 6.45) is 9.10. The van der Waals surface area contributed by atoms with Crippen LogP contribution < -0.4 is 9.47 Å². The number of unbranched alkanes of at least 4 members (excludes halogenated alkanes) is 6. The van der Waals surface area contributed by atoms with Gasteiger partial charge >= 0.3 is 0 Å². The number of nitrogens with zero attached hydrogens (tertiary/aromatic N) is 2. The Labute approximate surface area is 181 Å². The summed E-state index contributed by atoms with van der Waals surface area (Å²) in [4.78, 5) is 0. The molecular weight excluding hydrogens is 372 g/mol. The van der Waals surface area contributed by atoms with E-state index in [0.29, 0.717) is 29.9 Å². The molecule has 0 atom stereocenters. The number of rotatable bonds is 13. The molecule has 0 saturated heterocycles. The summed E-state index contributed by atoms with van der Waals surface area (Å²) in [6.45, 7) is 5.67. The lowest BCUT2D eigenvalue weighted by atomic mass is 9.97. The molecule has 0 aliphatic heterocycles. The van der Waals surface area contributed by atoms with Crippen LogP contribution in [0, 0.1) is 22.7 Å². The maximum Gasteiger partial charge on any atom is 0.127 e. The van der Waals surface area contributed by atoms with Crippen LogP contribution in [-0.2, 0) is 0 Å². The number of hydrogen-bond acceptors (Lipinski definition) is 4. The second-order valence-electron chi connectivity index (χ2n) is 7.46. The number of benzene rings is 2. The van der Waals surface area contributed by atoms with Gasteiger partial charge in [-0.3, -0.25) is 0 Å². The molecule has 0 N–H and O–H groups in total. The Morgan fingerprint density at radius 3 is 2.03 bits per heavy atom. The molecule has 0 unspecified atom stereocenters. The molecule has 0 amide bonds. The van der Waals surface area contributed by atoms with Crippen molar-refractivity contribution < 1.29 is 9.47 Å². The fourth-order valence-electron chi connectivity index (χ4n) is 3.30. The van der Waals surface area contributed by atoms with E-state index < -0.39 is 0 Å². The van der Waals surface area contributed by atoms with Crippen molar-refractivity contribution in [2.75, 3.05) is 13.2 Å². The highest BCUT2D eigenvalue weighted by molar-refractivity contribution is 5.78. The van der Waals surface area contributed by atoms with E-state index >= 15 is 0 Å². The van der Waals surface area contributed by atoms with Crippen molar-refractivity contribution in [3.8, 4) is 34.8 Å². The molecule has 0 aliphatic rings. The summed E-state index contributed by atoms with van der Waals surface area (Å²) >= 11 is 0. The molecular formula is C26H32N2O2. The quantitative estimate of drug-likeness (QED) is 0.337. The van der Waals surface area contributed by atoms with E-state index in [9.17, 15) is 10.5 Å². The highest BCUT2D eigenvalue weighted by atomic mass is 16.5. The van der Waals surface area contributed by atoms with Gasteiger partial charge in [0.15, 0.2) is 0 Å². The van der Waals surface area contributed by atoms with Crippen molar-refractivity contribution >= 4 is 0 Å². The van der Waals surface area contributed by atoms with Crippen LogP contribution in [0.3, 0.4) is 0 Å². The third-order valence-electron chi connectivity index (χ3n) is 5.03. The molecule has 0 aromatic heterocycles. The number of hydrogen-bond donors (Lipinski definition) is 0. The molecule has 0 heterocycles. The van der Waals surface area contributed by atoms with Crippen LogP contribution >= 0.6 is 0 Å². The van der Waals surface area contributed by atoms with E-state index in [4.69, 9.17) is 9.47 Å². The van der Waals surface area contributed by atoms with Gasteiger partial charge in [-0.05, 0) is 49.2 Å². The van der Waals surface area contributed by atoms with Crippen molar-refractivity contribution in [1.29, 1.82) is 10.5 Å². The van der Waals surface area contributed by atoms with Gasteiger partial charge in [-0.25, -0.2) is 0 Å². The first-order chi connectivity index (χ1) is 14.7. The lowest BCUT2D eigenvalue weighted by Crippen LogP contribution is -2.01. The Morgan fingerprint density at radius 2 is 1.40 bits per heavy atom. The average Bonchev–Trinajstić information content (AvgIpc) is 2.79. The summed E-state index contributed by atoms with van der Waals surface area (Å²) in [7, 11) is 0. The molecule has 0 radical (unpaired) electrons. The zero-order chi connectivity index (χ0) is 21.6. The van der Waals surface area contributed by atoms with Gasteiger partial charge in [0.1, 0.15) is 11.5 Å². The van der Waals surface area contributed by atoms with Gasteiger partial charge in [-0.1, -0.05) is 52.4 Å². The molecule has 2 aromatic rings. The third-order valence-corrected chi connectivity index (χ3v) is 5.03. The highest BCUT2D eigenvalue weighted by Crippen LogP contribution is 2.36. The summed E-state index contributed by atoms with van der Waals surface area (Å²) in [5.74, 6) is 1.47. The summed E-state index contributed by atoms with van der Waals surface area (Å²) in [6, 6.07) is 15.3. The molecule has 2 rings (SSSR count). The van der Waals surface area contributed by atoms with E-state index in [1.54, 1.807) is 18.2 Å². The van der Waals surface area contributed by atoms with Crippen molar-refractivity contribution in [3.05, 3.63) is 47.5 Å². The van der Waals surface area contributed by atoms with Gasteiger partial charge in [-0.2, -0.15) is 10.5 Å². The molecule has 0 spiro atoms. The number of ether oxygens (including phenoxy) is 2. The predicted molar refractivity (Wildman–Crippen MR) is 121 cm³/mol. The standard InChI is InChI=1S/C26H32N2O2/c1-3-5-7-9-15-29-23-13-14-26(30-16-10-8-6-4-2)25(18-23)24-17-21(19-27)11-12-22(24)20-28/h11-14,17-18H,3-10,15-16H2,1-2H3. The van der Waals surface area contributed by atoms with Crippen LogP contribution in [0.15, 0.2) is 36.4 Å². The van der Waals surface area contributed by atoms with Crippen molar-refractivity contribution in [1.82, 2.24) is 0 Å². The van der Waals surface area contributed by atoms with E-state index in [2.05, 4.69) is 26.0 Å². The summed E-state index contributed by atoms with van der Waals surface area (Å²) in [5, 5.41) is 18.9. The molecule has 0 fully saturated rings. The Kier molecular flexibility index (Phi) is 10.3. The fraction of sp³-hybridized carbons (Fsp3) is 0.462. The lowest BCUT2D eigenvalue weighted by molar-refractivity contribution is 0.298. The van der Waals surface area contributed by atoms with Gasteiger partial charge in [0, 0.05) is 11.1 Å². The molecule has 0 bridgehead atoms. The molecule has 4 heteroatoms. The third kappa shape index (κ3) is 7.12. The minimum Gasteiger partial charge on any atom is -0.494 e. The first-order valence-corrected chi connectivity index (χ1v) is 11.1. The van der Waals surface area contributed by atoms with Gasteiger partial charge in [-0.15, -0.1) is 0 Å². The maximum atomic E-state index is 9.60. The monoisotopic (exact) mass is 404 g/mol. The first kappa shape index (κ1) is 23.3. The van der Waals surface area contributed by atoms with Gasteiger partial charge in [0.05, 0.1) is 36.5 Å². The minimum absolute atomic E-state index is 0.517. The normalized spacial score (nSPS) is 10.3. The summed E-state index contributed by atoms with van der Waals surface area (Å²) in [5.41, 5.74) is 2.54. The zero-order valence-corrected chi connectivity index (χ0v) is 18.2. The van der Waals surface area contributed by atoms with Crippen LogP contribution in [0.25, 0.3) is 11.1 Å². The van der Waals surface area contributed by atoms with Gasteiger partial charge in [0.25, 0.3) is 0 Å². The largest absolute Gasteiger partial charge is 0.494 e. The topological polar surface area (TPSA) is 66.0 Å². The second kappa shape index (κ2) is 13.3. The number of nitriles is 2. The predicted octanol–water partition coefficient (Wildman–Crippen LogP) is 7.02. The molecule has 0 aliphatic carbocycles. The Morgan fingerprint density at radius 1 is 0.700 bits per heavy atom. The Balaban J connectivity index is 2.27. The van der Waals surface area contributed by atoms with Gasteiger partial charge in [0.2, 0.25) is 0 Å². The van der Waals surface area contributed by atoms with Crippen LogP contribution in [0.5, 0.6) is 11.5 Å². The van der Waals surface area contributed by atoms with Crippen LogP contribution in [0.1, 0.15) is 76.3 Å². The molecule has 2 aromatic carbocycles. The van der Waals surface area contributed by atoms with E-state index in [-0.39, 0.29) is 0 Å². The fourth-order valence-corrected chi connectivity index (χ4v) is 3.30. The van der Waals surface area contributed by atoms with Crippen LogP contribution in [0.4, 0.5) is 0 Å². The zero-order valence-electron chi connectivity index (χ0n) is 18.2. The second-order valence-corrected chi connectivity index (χ2v) is 7.46. The molecule has 158 valence electrons. The average molecular weight is 405 g/mol. The van der Waals surface area contributed by atoms with Crippen molar-refractivity contribution in [2.45, 2.75) is 65.2 Å². The van der Waals surface area contributed by atoms with Crippen molar-refractivity contribution in [2.24, 2.45) is 0 Å². The van der Waals surface area contributed by atoms with E-state index in [0.717, 1.165) is 42.7 Å². The van der Waals surface area contributed by atoms with Gasteiger partial charge < -0.3 is 9.47 Å². The smallest absolute Gasteiger partial charge is 0.127 e. The molecule has 0 saturated carbocycles. The maximum absolute atomic E-state index is 9.60. The van der Waals surface area contributed by atoms with Crippen molar-refractivity contribution in [3.63, 3.8) is 0 Å². The van der Waals surface area contributed by atoms with E-state index in [1.807, 2.05) is 18.2 Å². The highest BCUT2D eigenvalue weighted by Gasteiger charge is 2.14. The minimum atomic E-state index is 0.517. The SMILES string of the molecule is CCCCCCOc1ccc(OCCCCCC)c(-c2cc(C#N)ccc2C#N)c1. The van der Waals surface area contributed by atoms with Crippen LogP contribution in [-0.4, -0.2) is 13.2 Å².